The van der Waals surface area contributed by atoms with Crippen LogP contribution in [0.4, 0.5) is 5.69 Å². The van der Waals surface area contributed by atoms with Crippen LogP contribution in [0.25, 0.3) is 10.9 Å². The lowest BCUT2D eigenvalue weighted by molar-refractivity contribution is -0.118. The molecule has 0 saturated carbocycles. The molecule has 1 aromatic heterocycles. The Balaban J connectivity index is 1.44. The Kier molecular flexibility index (Phi) is 8.07. The Morgan fingerprint density at radius 2 is 1.71 bits per heavy atom. The van der Waals surface area contributed by atoms with Gasteiger partial charge in [0.15, 0.2) is 0 Å². The number of rotatable bonds is 8. The van der Waals surface area contributed by atoms with Gasteiger partial charge in [-0.25, -0.2) is 0 Å². The zero-order chi connectivity index (χ0) is 23.9. The summed E-state index contributed by atoms with van der Waals surface area (Å²) in [6.07, 6.45) is 9.09. The SMILES string of the molecule is CCCC(=O)Cc1ccc(C(=O)Nc2ccc3cc(CN4CCCCCC4)cnc3c2C)cc1. The molecule has 1 fully saturated rings. The van der Waals surface area contributed by atoms with Crippen LogP contribution in [0.1, 0.15) is 72.5 Å². The van der Waals surface area contributed by atoms with E-state index in [2.05, 4.69) is 16.3 Å². The molecule has 5 heteroatoms. The number of aromatic nitrogens is 1. The van der Waals surface area contributed by atoms with Crippen LogP contribution in [-0.4, -0.2) is 34.7 Å². The van der Waals surface area contributed by atoms with Crippen molar-refractivity contribution in [1.82, 2.24) is 9.88 Å². The monoisotopic (exact) mass is 457 g/mol. The number of carbonyl (C=O) groups is 2. The number of carbonyl (C=O) groups excluding carboxylic acids is 2. The predicted octanol–water partition coefficient (Wildman–Crippen LogP) is 6.08. The summed E-state index contributed by atoms with van der Waals surface area (Å²) < 4.78 is 0. The summed E-state index contributed by atoms with van der Waals surface area (Å²) in [6, 6.07) is 13.5. The van der Waals surface area contributed by atoms with Crippen LogP contribution in [-0.2, 0) is 17.8 Å². The molecule has 34 heavy (non-hydrogen) atoms. The van der Waals surface area contributed by atoms with Gasteiger partial charge < -0.3 is 5.32 Å². The standard InChI is InChI=1S/C29H35N3O2/c1-3-8-26(33)18-22-9-11-24(12-10-22)29(34)31-27-14-13-25-17-23(19-30-28(25)21(27)2)20-32-15-6-4-5-7-16-32/h9-14,17,19H,3-8,15-16,18,20H2,1-2H3,(H,31,34). The molecule has 1 saturated heterocycles. The van der Waals surface area contributed by atoms with Crippen molar-refractivity contribution in [2.24, 2.45) is 0 Å². The first kappa shape index (κ1) is 24.1. The van der Waals surface area contributed by atoms with Gasteiger partial charge in [0, 0.05) is 42.2 Å². The minimum Gasteiger partial charge on any atom is -0.322 e. The number of hydrogen-bond donors (Lipinski definition) is 1. The molecule has 0 aliphatic carbocycles. The Labute approximate surface area is 202 Å². The average Bonchev–Trinajstić information content (AvgIpc) is 3.10. The van der Waals surface area contributed by atoms with E-state index >= 15 is 0 Å². The van der Waals surface area contributed by atoms with E-state index in [1.54, 1.807) is 12.1 Å². The number of fused-ring (bicyclic) bond motifs is 1. The number of nitrogens with zero attached hydrogens (tertiary/aromatic N) is 2. The van der Waals surface area contributed by atoms with Gasteiger partial charge in [-0.2, -0.15) is 0 Å². The number of aryl methyl sites for hydroxylation is 1. The number of ketones is 1. The summed E-state index contributed by atoms with van der Waals surface area (Å²) in [5.74, 6) is 0.0697. The summed E-state index contributed by atoms with van der Waals surface area (Å²) in [5.41, 5.74) is 5.41. The van der Waals surface area contributed by atoms with Crippen LogP contribution in [0.15, 0.2) is 48.7 Å². The van der Waals surface area contributed by atoms with Gasteiger partial charge in [-0.15, -0.1) is 0 Å². The fraction of sp³-hybridized carbons (Fsp3) is 0.414. The minimum atomic E-state index is -0.160. The minimum absolute atomic E-state index is 0.160. The van der Waals surface area contributed by atoms with Crippen LogP contribution < -0.4 is 5.32 Å². The molecular formula is C29H35N3O2. The van der Waals surface area contributed by atoms with Crippen molar-refractivity contribution in [1.29, 1.82) is 0 Å². The summed E-state index contributed by atoms with van der Waals surface area (Å²) in [5, 5.41) is 4.13. The number of amides is 1. The van der Waals surface area contributed by atoms with Gasteiger partial charge in [0.05, 0.1) is 5.52 Å². The van der Waals surface area contributed by atoms with E-state index in [9.17, 15) is 9.59 Å². The molecule has 5 nitrogen and oxygen atoms in total. The van der Waals surface area contributed by atoms with Gasteiger partial charge >= 0.3 is 0 Å². The van der Waals surface area contributed by atoms with Crippen molar-refractivity contribution in [2.45, 2.75) is 65.3 Å². The van der Waals surface area contributed by atoms with Crippen molar-refractivity contribution in [2.75, 3.05) is 18.4 Å². The Hall–Kier alpha value is -3.05. The third-order valence-corrected chi connectivity index (χ3v) is 6.66. The molecule has 1 N–H and O–H groups in total. The molecule has 0 unspecified atom stereocenters. The van der Waals surface area contributed by atoms with Crippen molar-refractivity contribution < 1.29 is 9.59 Å². The number of hydrogen-bond acceptors (Lipinski definition) is 4. The average molecular weight is 458 g/mol. The van der Waals surface area contributed by atoms with Crippen LogP contribution >= 0.6 is 0 Å². The van der Waals surface area contributed by atoms with Crippen LogP contribution in [0, 0.1) is 6.92 Å². The number of anilines is 1. The van der Waals surface area contributed by atoms with Crippen molar-refractivity contribution in [3.8, 4) is 0 Å². The lowest BCUT2D eigenvalue weighted by Gasteiger charge is -2.20. The van der Waals surface area contributed by atoms with E-state index in [0.717, 1.165) is 53.8 Å². The van der Waals surface area contributed by atoms with E-state index in [0.29, 0.717) is 18.4 Å². The zero-order valence-corrected chi connectivity index (χ0v) is 20.4. The summed E-state index contributed by atoms with van der Waals surface area (Å²) in [6.45, 7) is 7.28. The van der Waals surface area contributed by atoms with Gasteiger partial charge in [-0.1, -0.05) is 38.0 Å². The molecule has 1 aliphatic heterocycles. The molecule has 178 valence electrons. The van der Waals surface area contributed by atoms with E-state index in [1.807, 2.05) is 44.3 Å². The maximum Gasteiger partial charge on any atom is 0.255 e. The number of pyridine rings is 1. The molecule has 1 amide bonds. The van der Waals surface area contributed by atoms with Gasteiger partial charge in [-0.05, 0) is 80.2 Å². The molecule has 1 aliphatic rings. The maximum atomic E-state index is 12.8. The lowest BCUT2D eigenvalue weighted by Crippen LogP contribution is -2.24. The lowest BCUT2D eigenvalue weighted by atomic mass is 10.0. The number of benzene rings is 2. The molecule has 0 atom stereocenters. The molecule has 2 aromatic carbocycles. The highest BCUT2D eigenvalue weighted by Crippen LogP contribution is 2.26. The van der Waals surface area contributed by atoms with Crippen molar-refractivity contribution in [3.63, 3.8) is 0 Å². The van der Waals surface area contributed by atoms with Gasteiger partial charge in [0.25, 0.3) is 5.91 Å². The van der Waals surface area contributed by atoms with Crippen LogP contribution in [0.2, 0.25) is 0 Å². The second-order valence-electron chi connectivity index (χ2n) is 9.46. The van der Waals surface area contributed by atoms with Crippen molar-refractivity contribution in [3.05, 3.63) is 70.9 Å². The summed E-state index contributed by atoms with van der Waals surface area (Å²) in [4.78, 5) is 32.0. The third kappa shape index (κ3) is 6.09. The van der Waals surface area contributed by atoms with Gasteiger partial charge in [-0.3, -0.25) is 19.5 Å². The highest BCUT2D eigenvalue weighted by Gasteiger charge is 2.13. The zero-order valence-electron chi connectivity index (χ0n) is 20.4. The Morgan fingerprint density at radius 3 is 2.41 bits per heavy atom. The highest BCUT2D eigenvalue weighted by atomic mass is 16.1. The second-order valence-corrected chi connectivity index (χ2v) is 9.46. The molecule has 4 rings (SSSR count). The maximum absolute atomic E-state index is 12.8. The largest absolute Gasteiger partial charge is 0.322 e. The highest BCUT2D eigenvalue weighted by molar-refractivity contribution is 6.06. The second kappa shape index (κ2) is 11.4. The first-order chi connectivity index (χ1) is 16.5. The summed E-state index contributed by atoms with van der Waals surface area (Å²) >= 11 is 0. The fourth-order valence-electron chi connectivity index (χ4n) is 4.73. The molecule has 2 heterocycles. The molecule has 0 bridgehead atoms. The molecule has 3 aromatic rings. The molecular weight excluding hydrogens is 422 g/mol. The predicted molar refractivity (Wildman–Crippen MR) is 138 cm³/mol. The fourth-order valence-corrected chi connectivity index (χ4v) is 4.73. The van der Waals surface area contributed by atoms with Crippen LogP contribution in [0.5, 0.6) is 0 Å². The Morgan fingerprint density at radius 1 is 0.971 bits per heavy atom. The Bertz CT molecular complexity index is 1150. The van der Waals surface area contributed by atoms with Gasteiger partial charge in [0.2, 0.25) is 0 Å². The number of nitrogens with one attached hydrogen (secondary N) is 1. The van der Waals surface area contributed by atoms with E-state index < -0.39 is 0 Å². The van der Waals surface area contributed by atoms with E-state index in [1.165, 1.54) is 31.2 Å². The number of likely N-dealkylation sites (tertiary alicyclic amines) is 1. The normalized spacial score (nSPS) is 14.6. The van der Waals surface area contributed by atoms with E-state index in [-0.39, 0.29) is 11.7 Å². The number of Topliss-reactive ketones (excluding diaryl/α,β-unsaturated/α-hetero) is 1. The van der Waals surface area contributed by atoms with E-state index in [4.69, 9.17) is 4.98 Å². The third-order valence-electron chi connectivity index (χ3n) is 6.66. The first-order valence-electron chi connectivity index (χ1n) is 12.6. The molecule has 0 spiro atoms. The smallest absolute Gasteiger partial charge is 0.255 e. The molecule has 0 radical (unpaired) electrons. The van der Waals surface area contributed by atoms with Crippen LogP contribution in [0.3, 0.4) is 0 Å². The first-order valence-corrected chi connectivity index (χ1v) is 12.6. The summed E-state index contributed by atoms with van der Waals surface area (Å²) in [7, 11) is 0. The van der Waals surface area contributed by atoms with Crippen molar-refractivity contribution >= 4 is 28.3 Å². The van der Waals surface area contributed by atoms with Gasteiger partial charge in [0.1, 0.15) is 5.78 Å². The quantitative estimate of drug-likeness (QED) is 0.445. The topological polar surface area (TPSA) is 62.3 Å².